The van der Waals surface area contributed by atoms with E-state index in [1.807, 2.05) is 6.92 Å². The summed E-state index contributed by atoms with van der Waals surface area (Å²) >= 11 is 0. The van der Waals surface area contributed by atoms with Gasteiger partial charge < -0.3 is 0 Å². The summed E-state index contributed by atoms with van der Waals surface area (Å²) in [4.78, 5) is 7.92. The van der Waals surface area contributed by atoms with E-state index in [0.29, 0.717) is 5.82 Å². The van der Waals surface area contributed by atoms with E-state index in [9.17, 15) is 4.39 Å². The van der Waals surface area contributed by atoms with E-state index in [1.165, 1.54) is 12.4 Å². The lowest BCUT2D eigenvalue weighted by Crippen LogP contribution is -2.17. The fraction of sp³-hybridized carbons (Fsp3) is 0.600. The molecule has 1 atom stereocenters. The van der Waals surface area contributed by atoms with E-state index >= 15 is 0 Å². The lowest BCUT2D eigenvalue weighted by Gasteiger charge is -2.25. The van der Waals surface area contributed by atoms with Crippen molar-refractivity contribution in [2.24, 2.45) is 5.41 Å². The molecule has 0 N–H and O–H groups in total. The predicted molar refractivity (Wildman–Crippen MR) is 49.9 cm³/mol. The molecule has 0 amide bonds. The predicted octanol–water partition coefficient (Wildman–Crippen LogP) is 2.77. The molecular weight excluding hydrogens is 167 g/mol. The fourth-order valence-electron chi connectivity index (χ4n) is 0.933. The summed E-state index contributed by atoms with van der Waals surface area (Å²) in [5.41, 5.74) is 0.109. The van der Waals surface area contributed by atoms with Gasteiger partial charge in [0.25, 0.3) is 0 Å². The first kappa shape index (κ1) is 10.1. The second kappa shape index (κ2) is 3.40. The quantitative estimate of drug-likeness (QED) is 0.667. The van der Waals surface area contributed by atoms with Gasteiger partial charge in [-0.15, -0.1) is 0 Å². The Kier molecular flexibility index (Phi) is 2.64. The molecule has 72 valence electrons. The van der Waals surface area contributed by atoms with Gasteiger partial charge in [0.05, 0.1) is 12.4 Å². The van der Waals surface area contributed by atoms with Crippen molar-refractivity contribution in [2.45, 2.75) is 33.6 Å². The first-order valence-electron chi connectivity index (χ1n) is 4.38. The zero-order valence-electron chi connectivity index (χ0n) is 8.50. The highest BCUT2D eigenvalue weighted by atomic mass is 19.1. The Morgan fingerprint density at radius 3 is 2.08 bits per heavy atom. The van der Waals surface area contributed by atoms with E-state index in [4.69, 9.17) is 0 Å². The van der Waals surface area contributed by atoms with Crippen molar-refractivity contribution in [1.29, 1.82) is 0 Å². The topological polar surface area (TPSA) is 25.8 Å². The van der Waals surface area contributed by atoms with Crippen LogP contribution in [-0.2, 0) is 0 Å². The Labute approximate surface area is 78.2 Å². The molecule has 0 bridgehead atoms. The molecule has 1 aromatic rings. The molecule has 0 aliphatic carbocycles. The van der Waals surface area contributed by atoms with Gasteiger partial charge in [-0.2, -0.15) is 0 Å². The minimum atomic E-state index is -0.384. The summed E-state index contributed by atoms with van der Waals surface area (Å²) in [6, 6.07) is 0. The smallest absolute Gasteiger partial charge is 0.159 e. The van der Waals surface area contributed by atoms with Crippen LogP contribution in [0.5, 0.6) is 0 Å². The van der Waals surface area contributed by atoms with Crippen LogP contribution in [0, 0.1) is 11.2 Å². The van der Waals surface area contributed by atoms with Crippen LogP contribution in [0.1, 0.15) is 39.4 Å². The Hall–Kier alpha value is -0.990. The van der Waals surface area contributed by atoms with Crippen molar-refractivity contribution < 1.29 is 4.39 Å². The first-order valence-corrected chi connectivity index (χ1v) is 4.38. The van der Waals surface area contributed by atoms with Crippen LogP contribution in [0.4, 0.5) is 4.39 Å². The largest absolute Gasteiger partial charge is 0.238 e. The number of nitrogens with zero attached hydrogens (tertiary/aromatic N) is 2. The van der Waals surface area contributed by atoms with E-state index in [1.54, 1.807) is 0 Å². The average Bonchev–Trinajstić information content (AvgIpc) is 2.03. The van der Waals surface area contributed by atoms with Crippen LogP contribution < -0.4 is 0 Å². The second-order valence-corrected chi connectivity index (χ2v) is 4.35. The maximum absolute atomic E-state index is 12.5. The van der Waals surface area contributed by atoms with E-state index in [-0.39, 0.29) is 17.2 Å². The third kappa shape index (κ3) is 2.47. The van der Waals surface area contributed by atoms with Crippen molar-refractivity contribution >= 4 is 0 Å². The molecule has 0 radical (unpaired) electrons. The van der Waals surface area contributed by atoms with Gasteiger partial charge in [-0.05, 0) is 5.41 Å². The van der Waals surface area contributed by atoms with Crippen LogP contribution in [0.2, 0.25) is 0 Å². The van der Waals surface area contributed by atoms with Gasteiger partial charge in [0, 0.05) is 5.92 Å². The van der Waals surface area contributed by atoms with Crippen LogP contribution in [-0.4, -0.2) is 9.97 Å². The number of rotatable bonds is 1. The summed E-state index contributed by atoms with van der Waals surface area (Å²) in [7, 11) is 0. The maximum Gasteiger partial charge on any atom is 0.159 e. The molecule has 0 saturated carbocycles. The van der Waals surface area contributed by atoms with Crippen molar-refractivity contribution in [3.8, 4) is 0 Å². The summed E-state index contributed by atoms with van der Waals surface area (Å²) < 4.78 is 12.5. The SMILES string of the molecule is CC(c1ncc(F)cn1)C(C)(C)C. The molecule has 0 aliphatic heterocycles. The molecule has 1 heterocycles. The molecule has 0 aromatic carbocycles. The van der Waals surface area contributed by atoms with Crippen LogP contribution >= 0.6 is 0 Å². The number of aromatic nitrogens is 2. The van der Waals surface area contributed by atoms with Gasteiger partial charge >= 0.3 is 0 Å². The van der Waals surface area contributed by atoms with Crippen LogP contribution in [0.15, 0.2) is 12.4 Å². The molecule has 0 spiro atoms. The Balaban J connectivity index is 2.90. The standard InChI is InChI=1S/C10H15FN2/c1-7(10(2,3)4)9-12-5-8(11)6-13-9/h5-7H,1-4H3. The summed E-state index contributed by atoms with van der Waals surface area (Å²) in [5.74, 6) is 0.548. The number of hydrogen-bond acceptors (Lipinski definition) is 2. The Morgan fingerprint density at radius 1 is 1.23 bits per heavy atom. The Morgan fingerprint density at radius 2 is 1.69 bits per heavy atom. The molecule has 1 rings (SSSR count). The molecule has 0 aliphatic rings. The highest BCUT2D eigenvalue weighted by molar-refractivity contribution is 5.00. The second-order valence-electron chi connectivity index (χ2n) is 4.35. The average molecular weight is 182 g/mol. The maximum atomic E-state index is 12.5. The van der Waals surface area contributed by atoms with Crippen molar-refractivity contribution in [3.63, 3.8) is 0 Å². The first-order chi connectivity index (χ1) is 5.91. The van der Waals surface area contributed by atoms with Crippen molar-refractivity contribution in [1.82, 2.24) is 9.97 Å². The van der Waals surface area contributed by atoms with Crippen molar-refractivity contribution in [2.75, 3.05) is 0 Å². The highest BCUT2D eigenvalue weighted by Gasteiger charge is 2.23. The van der Waals surface area contributed by atoms with Gasteiger partial charge in [-0.3, -0.25) is 0 Å². The molecule has 13 heavy (non-hydrogen) atoms. The molecule has 1 unspecified atom stereocenters. The summed E-state index contributed by atoms with van der Waals surface area (Å²) in [5, 5.41) is 0. The third-order valence-corrected chi connectivity index (χ3v) is 2.33. The summed E-state index contributed by atoms with van der Waals surface area (Å²) in [6.45, 7) is 8.40. The fourth-order valence-corrected chi connectivity index (χ4v) is 0.933. The molecule has 2 nitrogen and oxygen atoms in total. The minimum Gasteiger partial charge on any atom is -0.238 e. The Bertz CT molecular complexity index is 274. The molecule has 3 heteroatoms. The van der Waals surface area contributed by atoms with Crippen LogP contribution in [0.25, 0.3) is 0 Å². The molecule has 0 saturated heterocycles. The zero-order valence-corrected chi connectivity index (χ0v) is 8.50. The van der Waals surface area contributed by atoms with Crippen LogP contribution in [0.3, 0.4) is 0 Å². The zero-order chi connectivity index (χ0) is 10.1. The van der Waals surface area contributed by atoms with E-state index in [0.717, 1.165) is 0 Å². The van der Waals surface area contributed by atoms with Crippen molar-refractivity contribution in [3.05, 3.63) is 24.0 Å². The van der Waals surface area contributed by atoms with Gasteiger partial charge in [-0.25, -0.2) is 14.4 Å². The normalized spacial score (nSPS) is 14.2. The van der Waals surface area contributed by atoms with E-state index in [2.05, 4.69) is 30.7 Å². The van der Waals surface area contributed by atoms with E-state index < -0.39 is 0 Å². The monoisotopic (exact) mass is 182 g/mol. The lowest BCUT2D eigenvalue weighted by atomic mass is 9.81. The summed E-state index contributed by atoms with van der Waals surface area (Å²) in [6.07, 6.45) is 2.43. The molecule has 1 aromatic heterocycles. The van der Waals surface area contributed by atoms with Gasteiger partial charge in [0.2, 0.25) is 0 Å². The van der Waals surface area contributed by atoms with Gasteiger partial charge in [-0.1, -0.05) is 27.7 Å². The minimum absolute atomic E-state index is 0.109. The lowest BCUT2D eigenvalue weighted by molar-refractivity contribution is 0.327. The highest BCUT2D eigenvalue weighted by Crippen LogP contribution is 2.31. The van der Waals surface area contributed by atoms with Gasteiger partial charge in [0.1, 0.15) is 5.82 Å². The third-order valence-electron chi connectivity index (χ3n) is 2.33. The molecule has 0 fully saturated rings. The van der Waals surface area contributed by atoms with Gasteiger partial charge in [0.15, 0.2) is 5.82 Å². The number of hydrogen-bond donors (Lipinski definition) is 0. The molecular formula is C10H15FN2. The number of halogens is 1.